The van der Waals surface area contributed by atoms with Crippen LogP contribution >= 0.6 is 11.8 Å². The molecule has 1 aliphatic heterocycles. The van der Waals surface area contributed by atoms with Gasteiger partial charge < -0.3 is 4.74 Å². The Morgan fingerprint density at radius 2 is 2.64 bits per heavy atom. The van der Waals surface area contributed by atoms with Crippen LogP contribution in [0, 0.1) is 11.3 Å². The van der Waals surface area contributed by atoms with Crippen molar-refractivity contribution < 1.29 is 4.74 Å². The first kappa shape index (κ1) is 8.89. The molecule has 1 fully saturated rings. The summed E-state index contributed by atoms with van der Waals surface area (Å²) in [6, 6.07) is 2.20. The van der Waals surface area contributed by atoms with Crippen molar-refractivity contribution in [3.05, 3.63) is 0 Å². The lowest BCUT2D eigenvalue weighted by molar-refractivity contribution is 0.129. The summed E-state index contributed by atoms with van der Waals surface area (Å²) in [5, 5.41) is 8.61. The number of rotatable bonds is 3. The summed E-state index contributed by atoms with van der Waals surface area (Å²) >= 11 is 1.69. The van der Waals surface area contributed by atoms with Crippen molar-refractivity contribution in [3.63, 3.8) is 0 Å². The molecule has 2 atom stereocenters. The predicted molar refractivity (Wildman–Crippen MR) is 46.5 cm³/mol. The van der Waals surface area contributed by atoms with Gasteiger partial charge in [0.25, 0.3) is 0 Å². The molecule has 1 heterocycles. The molecule has 0 aromatic heterocycles. The van der Waals surface area contributed by atoms with Crippen LogP contribution in [0.2, 0.25) is 0 Å². The number of thioether (sulfide) groups is 1. The lowest BCUT2D eigenvalue weighted by Gasteiger charge is -2.08. The van der Waals surface area contributed by atoms with Crippen molar-refractivity contribution in [2.45, 2.75) is 31.1 Å². The third-order valence-electron chi connectivity index (χ3n) is 1.74. The molecule has 0 radical (unpaired) electrons. The molecule has 0 saturated carbocycles. The summed E-state index contributed by atoms with van der Waals surface area (Å²) in [5.41, 5.74) is 0. The maximum atomic E-state index is 8.50. The van der Waals surface area contributed by atoms with Crippen molar-refractivity contribution >= 4 is 11.8 Å². The lowest BCUT2D eigenvalue weighted by Crippen LogP contribution is -2.10. The Hall–Kier alpha value is -0.200. The highest BCUT2D eigenvalue weighted by Crippen LogP contribution is 2.19. The van der Waals surface area contributed by atoms with Crippen molar-refractivity contribution in [2.75, 3.05) is 12.4 Å². The maximum absolute atomic E-state index is 8.50. The van der Waals surface area contributed by atoms with Gasteiger partial charge in [0.05, 0.1) is 17.4 Å². The van der Waals surface area contributed by atoms with Crippen LogP contribution in [-0.2, 0) is 4.74 Å². The van der Waals surface area contributed by atoms with E-state index in [9.17, 15) is 0 Å². The van der Waals surface area contributed by atoms with Crippen LogP contribution in [0.5, 0.6) is 0 Å². The second-order valence-electron chi connectivity index (χ2n) is 2.74. The van der Waals surface area contributed by atoms with Crippen LogP contribution in [0.3, 0.4) is 0 Å². The van der Waals surface area contributed by atoms with E-state index in [0.29, 0.717) is 6.10 Å². The van der Waals surface area contributed by atoms with Crippen molar-refractivity contribution in [2.24, 2.45) is 0 Å². The van der Waals surface area contributed by atoms with Crippen LogP contribution in [0.25, 0.3) is 0 Å². The fraction of sp³-hybridized carbons (Fsp3) is 0.875. The Bertz CT molecular complexity index is 149. The number of hydrogen-bond donors (Lipinski definition) is 0. The normalized spacial score (nSPS) is 26.4. The van der Waals surface area contributed by atoms with E-state index in [2.05, 4.69) is 6.07 Å². The van der Waals surface area contributed by atoms with Crippen molar-refractivity contribution in [1.29, 1.82) is 5.26 Å². The fourth-order valence-electron chi connectivity index (χ4n) is 1.06. The summed E-state index contributed by atoms with van der Waals surface area (Å²) in [5.74, 6) is 0.981. The maximum Gasteiger partial charge on any atom is 0.0889 e. The molecule has 2 nitrogen and oxygen atoms in total. The summed E-state index contributed by atoms with van der Waals surface area (Å²) in [6.45, 7) is 2.84. The van der Waals surface area contributed by atoms with Gasteiger partial charge in [0, 0.05) is 12.4 Å². The van der Waals surface area contributed by atoms with Crippen molar-refractivity contribution in [1.82, 2.24) is 0 Å². The van der Waals surface area contributed by atoms with Crippen molar-refractivity contribution in [3.8, 4) is 6.07 Å². The van der Waals surface area contributed by atoms with E-state index in [-0.39, 0.29) is 5.25 Å². The molecular weight excluding hydrogens is 158 g/mol. The molecule has 0 bridgehead atoms. The molecule has 1 saturated heterocycles. The first-order valence-electron chi connectivity index (χ1n) is 3.95. The second-order valence-corrected chi connectivity index (χ2v) is 4.11. The largest absolute Gasteiger partial charge is 0.377 e. The van der Waals surface area contributed by atoms with Gasteiger partial charge in [-0.2, -0.15) is 5.26 Å². The van der Waals surface area contributed by atoms with Gasteiger partial charge in [-0.05, 0) is 19.8 Å². The fourth-order valence-corrected chi connectivity index (χ4v) is 1.91. The zero-order valence-corrected chi connectivity index (χ0v) is 7.56. The van der Waals surface area contributed by atoms with Gasteiger partial charge in [0.1, 0.15) is 0 Å². The standard InChI is InChI=1S/C8H13NOS/c1-7(5-9)11-6-8-3-2-4-10-8/h7-8H,2-4,6H2,1H3. The third-order valence-corrected chi connectivity index (χ3v) is 2.91. The summed E-state index contributed by atoms with van der Waals surface area (Å²) in [6.07, 6.45) is 2.77. The van der Waals surface area contributed by atoms with Crippen LogP contribution in [0.1, 0.15) is 19.8 Å². The minimum absolute atomic E-state index is 0.110. The van der Waals surface area contributed by atoms with Gasteiger partial charge >= 0.3 is 0 Å². The third kappa shape index (κ3) is 3.13. The zero-order valence-electron chi connectivity index (χ0n) is 6.75. The molecule has 0 amide bonds. The van der Waals surface area contributed by atoms with E-state index in [0.717, 1.165) is 12.4 Å². The summed E-state index contributed by atoms with van der Waals surface area (Å²) in [4.78, 5) is 0. The lowest BCUT2D eigenvalue weighted by atomic mass is 10.3. The highest BCUT2D eigenvalue weighted by molar-refractivity contribution is 8.00. The van der Waals surface area contributed by atoms with Gasteiger partial charge in [-0.1, -0.05) is 0 Å². The van der Waals surface area contributed by atoms with Crippen LogP contribution in [0.15, 0.2) is 0 Å². The number of nitrogens with zero attached hydrogens (tertiary/aromatic N) is 1. The smallest absolute Gasteiger partial charge is 0.0889 e. The van der Waals surface area contributed by atoms with Gasteiger partial charge in [0.15, 0.2) is 0 Å². The highest BCUT2D eigenvalue weighted by Gasteiger charge is 2.16. The van der Waals surface area contributed by atoms with E-state index >= 15 is 0 Å². The first-order valence-corrected chi connectivity index (χ1v) is 5.00. The molecule has 1 rings (SSSR count). The van der Waals surface area contributed by atoms with Gasteiger partial charge in [-0.25, -0.2) is 0 Å². The molecule has 0 N–H and O–H groups in total. The predicted octanol–water partition coefficient (Wildman–Crippen LogP) is 1.81. The average Bonchev–Trinajstić information content (AvgIpc) is 2.52. The van der Waals surface area contributed by atoms with E-state index in [1.165, 1.54) is 12.8 Å². The topological polar surface area (TPSA) is 33.0 Å². The summed E-state index contributed by atoms with van der Waals surface area (Å²) < 4.78 is 5.42. The second kappa shape index (κ2) is 4.63. The molecule has 0 aromatic carbocycles. The molecule has 2 unspecified atom stereocenters. The molecular formula is C8H13NOS. The van der Waals surface area contributed by atoms with Gasteiger partial charge in [-0.15, -0.1) is 11.8 Å². The highest BCUT2D eigenvalue weighted by atomic mass is 32.2. The number of ether oxygens (including phenoxy) is 1. The Balaban J connectivity index is 2.07. The van der Waals surface area contributed by atoms with E-state index in [4.69, 9.17) is 10.00 Å². The minimum atomic E-state index is 0.110. The monoisotopic (exact) mass is 171 g/mol. The first-order chi connectivity index (χ1) is 5.33. The Morgan fingerprint density at radius 3 is 3.18 bits per heavy atom. The van der Waals surface area contributed by atoms with E-state index in [1.54, 1.807) is 11.8 Å². The van der Waals surface area contributed by atoms with Crippen LogP contribution in [-0.4, -0.2) is 23.7 Å². The van der Waals surface area contributed by atoms with E-state index < -0.39 is 0 Å². The van der Waals surface area contributed by atoms with Crippen LogP contribution in [0.4, 0.5) is 0 Å². The molecule has 1 aliphatic rings. The van der Waals surface area contributed by atoms with Gasteiger partial charge in [0.2, 0.25) is 0 Å². The minimum Gasteiger partial charge on any atom is -0.377 e. The SMILES string of the molecule is CC(C#N)SCC1CCCO1. The average molecular weight is 171 g/mol. The quantitative estimate of drug-likeness (QED) is 0.649. The van der Waals surface area contributed by atoms with E-state index in [1.807, 2.05) is 6.92 Å². The molecule has 3 heteroatoms. The number of nitriles is 1. The molecule has 62 valence electrons. The summed E-state index contributed by atoms with van der Waals surface area (Å²) in [7, 11) is 0. The number of hydrogen-bond acceptors (Lipinski definition) is 3. The Morgan fingerprint density at radius 1 is 1.82 bits per heavy atom. The van der Waals surface area contributed by atoms with Gasteiger partial charge in [-0.3, -0.25) is 0 Å². The van der Waals surface area contributed by atoms with Crippen LogP contribution < -0.4 is 0 Å². The Labute approximate surface area is 71.9 Å². The molecule has 0 aliphatic carbocycles. The Kier molecular flexibility index (Phi) is 3.74. The molecule has 11 heavy (non-hydrogen) atoms. The molecule has 0 aromatic rings. The zero-order chi connectivity index (χ0) is 8.10. The molecule has 0 spiro atoms.